The van der Waals surface area contributed by atoms with Gasteiger partial charge in [-0.1, -0.05) is 12.8 Å². The summed E-state index contributed by atoms with van der Waals surface area (Å²) in [6.07, 6.45) is 5.87. The fraction of sp³-hybridized carbons (Fsp3) is 0.917. The normalized spacial score (nSPS) is 24.8. The molecule has 4 nitrogen and oxygen atoms in total. The summed E-state index contributed by atoms with van der Waals surface area (Å²) in [4.78, 5) is 13.3. The molecule has 2 N–H and O–H groups in total. The average molecular weight is 226 g/mol. The topological polar surface area (TPSA) is 36.8 Å². The van der Waals surface area contributed by atoms with Crippen LogP contribution in [-0.2, 0) is 4.79 Å². The first kappa shape index (κ1) is 11.9. The molecule has 1 saturated carbocycles. The number of rotatable bonds is 3. The molecule has 0 radical (unpaired) electrons. The van der Waals surface area contributed by atoms with Crippen molar-refractivity contribution in [1.82, 2.24) is 10.4 Å². The lowest BCUT2D eigenvalue weighted by Crippen LogP contribution is -3.12. The summed E-state index contributed by atoms with van der Waals surface area (Å²) in [5.41, 5.74) is 3.05. The zero-order valence-corrected chi connectivity index (χ0v) is 10.3. The van der Waals surface area contributed by atoms with E-state index in [-0.39, 0.29) is 5.91 Å². The van der Waals surface area contributed by atoms with E-state index in [0.29, 0.717) is 5.92 Å². The van der Waals surface area contributed by atoms with E-state index in [4.69, 9.17) is 0 Å². The molecule has 0 spiro atoms. The predicted molar refractivity (Wildman–Crippen MR) is 62.9 cm³/mol. The van der Waals surface area contributed by atoms with Crippen LogP contribution in [0, 0.1) is 5.92 Å². The number of carbonyl (C=O) groups excluding carboxylic acids is 1. The van der Waals surface area contributed by atoms with Crippen molar-refractivity contribution in [2.45, 2.75) is 32.1 Å². The Bertz CT molecular complexity index is 230. The first-order valence-electron chi connectivity index (χ1n) is 6.60. The van der Waals surface area contributed by atoms with Crippen LogP contribution in [0.1, 0.15) is 32.1 Å². The lowest BCUT2D eigenvalue weighted by atomic mass is 10.0. The number of nitrogens with zero attached hydrogens (tertiary/aromatic N) is 1. The SMILES string of the molecule is C[NH+]1CCN(NC(=O)CC2CCCC2)CC1. The number of quaternary nitrogens is 1. The first-order chi connectivity index (χ1) is 7.74. The fourth-order valence-electron chi connectivity index (χ4n) is 2.70. The Morgan fingerprint density at radius 3 is 2.56 bits per heavy atom. The van der Waals surface area contributed by atoms with Crippen molar-refractivity contribution in [2.75, 3.05) is 33.2 Å². The number of hydrogen-bond acceptors (Lipinski definition) is 2. The molecule has 0 unspecified atom stereocenters. The Morgan fingerprint density at radius 2 is 1.94 bits per heavy atom. The molecule has 1 amide bonds. The van der Waals surface area contributed by atoms with E-state index < -0.39 is 0 Å². The number of likely N-dealkylation sites (N-methyl/N-ethyl adjacent to an activating group) is 1. The molecule has 2 aliphatic rings. The zero-order chi connectivity index (χ0) is 11.4. The Kier molecular flexibility index (Phi) is 4.18. The number of amides is 1. The number of hydrogen-bond donors (Lipinski definition) is 2. The van der Waals surface area contributed by atoms with E-state index in [9.17, 15) is 4.79 Å². The smallest absolute Gasteiger partial charge is 0.234 e. The summed E-state index contributed by atoms with van der Waals surface area (Å²) in [7, 11) is 2.21. The predicted octanol–water partition coefficient (Wildman–Crippen LogP) is -0.572. The van der Waals surface area contributed by atoms with Gasteiger partial charge in [0.2, 0.25) is 5.91 Å². The summed E-state index contributed by atoms with van der Waals surface area (Å²) in [5, 5.41) is 2.09. The van der Waals surface area contributed by atoms with Crippen LogP contribution < -0.4 is 10.3 Å². The van der Waals surface area contributed by atoms with E-state index in [0.717, 1.165) is 32.6 Å². The second kappa shape index (κ2) is 5.64. The molecule has 1 heterocycles. The molecular weight excluding hydrogens is 202 g/mol. The van der Waals surface area contributed by atoms with Crippen LogP contribution >= 0.6 is 0 Å². The van der Waals surface area contributed by atoms with Gasteiger partial charge in [-0.05, 0) is 18.8 Å². The Balaban J connectivity index is 1.66. The monoisotopic (exact) mass is 226 g/mol. The number of hydrazine groups is 1. The molecule has 2 fully saturated rings. The lowest BCUT2D eigenvalue weighted by Gasteiger charge is -2.30. The minimum atomic E-state index is 0.228. The van der Waals surface area contributed by atoms with Crippen molar-refractivity contribution in [1.29, 1.82) is 0 Å². The van der Waals surface area contributed by atoms with Gasteiger partial charge in [0.15, 0.2) is 0 Å². The van der Waals surface area contributed by atoms with Crippen molar-refractivity contribution in [3.05, 3.63) is 0 Å². The van der Waals surface area contributed by atoms with Crippen LogP contribution in [0.15, 0.2) is 0 Å². The van der Waals surface area contributed by atoms with Crippen LogP contribution in [0.3, 0.4) is 0 Å². The maximum Gasteiger partial charge on any atom is 0.234 e. The zero-order valence-electron chi connectivity index (χ0n) is 10.3. The average Bonchev–Trinajstić information content (AvgIpc) is 2.74. The standard InChI is InChI=1S/C12H23N3O/c1-14-6-8-15(9-7-14)13-12(16)10-11-4-2-3-5-11/h11H,2-10H2,1H3,(H,13,16)/p+1. The van der Waals surface area contributed by atoms with Crippen molar-refractivity contribution in [2.24, 2.45) is 5.92 Å². The molecule has 0 atom stereocenters. The van der Waals surface area contributed by atoms with Gasteiger partial charge in [0, 0.05) is 6.42 Å². The molecule has 4 heteroatoms. The molecule has 0 bridgehead atoms. The highest BCUT2D eigenvalue weighted by Gasteiger charge is 2.21. The number of carbonyl (C=O) groups is 1. The highest BCUT2D eigenvalue weighted by Crippen LogP contribution is 2.27. The van der Waals surface area contributed by atoms with Crippen LogP contribution in [0.25, 0.3) is 0 Å². The third kappa shape index (κ3) is 3.46. The lowest BCUT2D eigenvalue weighted by molar-refractivity contribution is -0.884. The van der Waals surface area contributed by atoms with Gasteiger partial charge in [-0.3, -0.25) is 10.2 Å². The Hall–Kier alpha value is -0.610. The van der Waals surface area contributed by atoms with E-state index in [1.807, 2.05) is 0 Å². The van der Waals surface area contributed by atoms with E-state index in [2.05, 4.69) is 17.5 Å². The van der Waals surface area contributed by atoms with Gasteiger partial charge in [-0.25, -0.2) is 5.01 Å². The van der Waals surface area contributed by atoms with E-state index in [1.54, 1.807) is 4.90 Å². The summed E-state index contributed by atoms with van der Waals surface area (Å²) in [5.74, 6) is 0.879. The minimum Gasteiger partial charge on any atom is -0.335 e. The first-order valence-corrected chi connectivity index (χ1v) is 6.60. The Labute approximate surface area is 97.9 Å². The van der Waals surface area contributed by atoms with Gasteiger partial charge in [0.1, 0.15) is 0 Å². The Morgan fingerprint density at radius 1 is 1.31 bits per heavy atom. The molecule has 1 saturated heterocycles. The van der Waals surface area contributed by atoms with Crippen molar-refractivity contribution >= 4 is 5.91 Å². The van der Waals surface area contributed by atoms with E-state index >= 15 is 0 Å². The van der Waals surface area contributed by atoms with Gasteiger partial charge < -0.3 is 4.90 Å². The third-order valence-electron chi connectivity index (χ3n) is 3.85. The third-order valence-corrected chi connectivity index (χ3v) is 3.85. The molecule has 2 rings (SSSR count). The van der Waals surface area contributed by atoms with Crippen LogP contribution in [0.5, 0.6) is 0 Å². The van der Waals surface area contributed by atoms with Crippen LogP contribution in [0.4, 0.5) is 0 Å². The maximum absolute atomic E-state index is 11.8. The van der Waals surface area contributed by atoms with Crippen LogP contribution in [0.2, 0.25) is 0 Å². The number of nitrogens with one attached hydrogen (secondary N) is 2. The molecule has 1 aliphatic carbocycles. The summed E-state index contributed by atoms with van der Waals surface area (Å²) in [6, 6.07) is 0. The van der Waals surface area contributed by atoms with Gasteiger partial charge in [0.25, 0.3) is 0 Å². The highest BCUT2D eigenvalue weighted by atomic mass is 16.2. The fourth-order valence-corrected chi connectivity index (χ4v) is 2.70. The molecule has 0 aromatic rings. The summed E-state index contributed by atoms with van der Waals surface area (Å²) in [6.45, 7) is 4.23. The summed E-state index contributed by atoms with van der Waals surface area (Å²) >= 11 is 0. The second-order valence-corrected chi connectivity index (χ2v) is 5.33. The molecule has 92 valence electrons. The van der Waals surface area contributed by atoms with Gasteiger partial charge in [0.05, 0.1) is 33.2 Å². The number of piperazine rings is 1. The molecular formula is C12H24N3O+. The summed E-state index contributed by atoms with van der Waals surface area (Å²) < 4.78 is 0. The van der Waals surface area contributed by atoms with Gasteiger partial charge in [-0.2, -0.15) is 0 Å². The van der Waals surface area contributed by atoms with E-state index in [1.165, 1.54) is 25.7 Å². The molecule has 0 aromatic heterocycles. The molecule has 1 aliphatic heterocycles. The maximum atomic E-state index is 11.8. The largest absolute Gasteiger partial charge is 0.335 e. The van der Waals surface area contributed by atoms with Crippen LogP contribution in [-0.4, -0.2) is 44.1 Å². The van der Waals surface area contributed by atoms with Gasteiger partial charge in [-0.15, -0.1) is 0 Å². The quantitative estimate of drug-likeness (QED) is 0.676. The van der Waals surface area contributed by atoms with Gasteiger partial charge >= 0.3 is 0 Å². The molecule has 0 aromatic carbocycles. The van der Waals surface area contributed by atoms with Crippen molar-refractivity contribution in [3.8, 4) is 0 Å². The van der Waals surface area contributed by atoms with Crippen molar-refractivity contribution in [3.63, 3.8) is 0 Å². The second-order valence-electron chi connectivity index (χ2n) is 5.33. The minimum absolute atomic E-state index is 0.228. The molecule has 16 heavy (non-hydrogen) atoms. The van der Waals surface area contributed by atoms with Crippen molar-refractivity contribution < 1.29 is 9.69 Å². The highest BCUT2D eigenvalue weighted by molar-refractivity contribution is 5.75.